The quantitative estimate of drug-likeness (QED) is 0.705. The molecule has 18 heavy (non-hydrogen) atoms. The van der Waals surface area contributed by atoms with Gasteiger partial charge in [-0.05, 0) is 35.9 Å². The van der Waals surface area contributed by atoms with Crippen molar-refractivity contribution in [3.8, 4) is 10.4 Å². The van der Waals surface area contributed by atoms with Gasteiger partial charge < -0.3 is 0 Å². The van der Waals surface area contributed by atoms with Gasteiger partial charge in [0, 0.05) is 9.35 Å². The second-order valence-electron chi connectivity index (χ2n) is 3.55. The number of hydrogen-bond donors (Lipinski definition) is 0. The molecule has 0 N–H and O–H groups in total. The molecule has 0 saturated carbocycles. The Morgan fingerprint density at radius 3 is 2.44 bits per heavy atom. The molecule has 94 valence electrons. The first-order valence-corrected chi connectivity index (χ1v) is 6.44. The first-order chi connectivity index (χ1) is 8.40. The van der Waals surface area contributed by atoms with Crippen LogP contribution >= 0.6 is 27.3 Å². The van der Waals surface area contributed by atoms with Crippen LogP contribution in [0.25, 0.3) is 10.4 Å². The van der Waals surface area contributed by atoms with E-state index in [1.54, 1.807) is 18.2 Å². The van der Waals surface area contributed by atoms with Gasteiger partial charge in [0.1, 0.15) is 0 Å². The molecule has 1 heterocycles. The van der Waals surface area contributed by atoms with Crippen molar-refractivity contribution in [2.45, 2.75) is 6.18 Å². The van der Waals surface area contributed by atoms with E-state index in [0.29, 0.717) is 26.1 Å². The molecule has 0 unspecified atom stereocenters. The number of benzene rings is 1. The van der Waals surface area contributed by atoms with Gasteiger partial charge in [0.05, 0.1) is 10.4 Å². The zero-order valence-corrected chi connectivity index (χ0v) is 11.2. The Morgan fingerprint density at radius 1 is 1.17 bits per heavy atom. The van der Waals surface area contributed by atoms with Crippen molar-refractivity contribution >= 4 is 33.6 Å². The van der Waals surface area contributed by atoms with Gasteiger partial charge in [-0.3, -0.25) is 4.79 Å². The van der Waals surface area contributed by atoms with E-state index in [1.165, 1.54) is 0 Å². The smallest absolute Gasteiger partial charge is 0.297 e. The van der Waals surface area contributed by atoms with Crippen molar-refractivity contribution in [3.63, 3.8) is 0 Å². The Morgan fingerprint density at radius 2 is 1.89 bits per heavy atom. The van der Waals surface area contributed by atoms with Gasteiger partial charge in [0.2, 0.25) is 0 Å². The lowest BCUT2D eigenvalue weighted by molar-refractivity contribution is -0.137. The molecule has 1 nitrogen and oxygen atoms in total. The lowest BCUT2D eigenvalue weighted by atomic mass is 10.1. The number of thiophene rings is 1. The fourth-order valence-corrected chi connectivity index (χ4v) is 2.77. The fourth-order valence-electron chi connectivity index (χ4n) is 1.47. The van der Waals surface area contributed by atoms with Crippen LogP contribution < -0.4 is 0 Å². The van der Waals surface area contributed by atoms with Crippen LogP contribution in [0.15, 0.2) is 34.8 Å². The van der Waals surface area contributed by atoms with Crippen molar-refractivity contribution in [2.24, 2.45) is 0 Å². The predicted molar refractivity (Wildman–Crippen MR) is 67.8 cm³/mol. The van der Waals surface area contributed by atoms with Gasteiger partial charge in [0.15, 0.2) is 6.29 Å². The summed E-state index contributed by atoms with van der Waals surface area (Å²) in [6.45, 7) is 0. The molecular formula is C12H6BrF3OS. The van der Waals surface area contributed by atoms with Crippen molar-refractivity contribution < 1.29 is 18.0 Å². The maximum absolute atomic E-state index is 12.7. The minimum absolute atomic E-state index is 0.355. The van der Waals surface area contributed by atoms with Gasteiger partial charge in [0.25, 0.3) is 0 Å². The largest absolute Gasteiger partial charge is 0.416 e. The van der Waals surface area contributed by atoms with Crippen LogP contribution in [-0.4, -0.2) is 6.29 Å². The number of alkyl halides is 3. The van der Waals surface area contributed by atoms with Crippen molar-refractivity contribution in [1.29, 1.82) is 0 Å². The van der Waals surface area contributed by atoms with Crippen LogP contribution in [-0.2, 0) is 6.18 Å². The topological polar surface area (TPSA) is 17.1 Å². The summed E-state index contributed by atoms with van der Waals surface area (Å²) in [6, 6.07) is 6.91. The van der Waals surface area contributed by atoms with Crippen molar-refractivity contribution in [1.82, 2.24) is 0 Å². The summed E-state index contributed by atoms with van der Waals surface area (Å²) in [6.07, 6.45) is -3.71. The molecule has 0 saturated heterocycles. The molecule has 0 spiro atoms. The summed E-state index contributed by atoms with van der Waals surface area (Å²) in [4.78, 5) is 11.7. The van der Waals surface area contributed by atoms with E-state index in [0.717, 1.165) is 23.5 Å². The van der Waals surface area contributed by atoms with Gasteiger partial charge in [-0.1, -0.05) is 15.9 Å². The Hall–Kier alpha value is -1.14. The number of aldehydes is 1. The van der Waals surface area contributed by atoms with Gasteiger partial charge in [-0.15, -0.1) is 11.3 Å². The molecule has 2 aromatic rings. The minimum Gasteiger partial charge on any atom is -0.297 e. The lowest BCUT2D eigenvalue weighted by Crippen LogP contribution is -2.04. The Balaban J connectivity index is 2.51. The van der Waals surface area contributed by atoms with E-state index < -0.39 is 11.7 Å². The molecule has 2 rings (SSSR count). The molecule has 1 aromatic carbocycles. The van der Waals surface area contributed by atoms with Crippen molar-refractivity contribution in [2.75, 3.05) is 0 Å². The zero-order chi connectivity index (χ0) is 13.3. The second-order valence-corrected chi connectivity index (χ2v) is 5.58. The van der Waals surface area contributed by atoms with Crippen LogP contribution in [0, 0.1) is 0 Å². The van der Waals surface area contributed by atoms with E-state index in [2.05, 4.69) is 15.9 Å². The summed E-state index contributed by atoms with van der Waals surface area (Å²) >= 11 is 4.22. The third kappa shape index (κ3) is 2.81. The molecule has 0 aliphatic heterocycles. The molecule has 0 amide bonds. The average molecular weight is 335 g/mol. The molecule has 0 bridgehead atoms. The Kier molecular flexibility index (Phi) is 3.59. The molecule has 1 aromatic heterocycles. The number of rotatable bonds is 2. The molecule has 0 aliphatic carbocycles. The summed E-state index contributed by atoms with van der Waals surface area (Å²) in [5, 5.41) is 0. The molecular weight excluding hydrogens is 329 g/mol. The third-order valence-corrected chi connectivity index (χ3v) is 3.77. The van der Waals surface area contributed by atoms with E-state index in [9.17, 15) is 18.0 Å². The third-order valence-electron chi connectivity index (χ3n) is 2.25. The predicted octanol–water partition coefficient (Wildman–Crippen LogP) is 5.01. The average Bonchev–Trinajstić information content (AvgIpc) is 2.75. The molecule has 0 radical (unpaired) electrons. The van der Waals surface area contributed by atoms with E-state index >= 15 is 0 Å². The maximum atomic E-state index is 12.7. The highest BCUT2D eigenvalue weighted by atomic mass is 79.9. The first kappa shape index (κ1) is 13.3. The molecule has 0 fully saturated rings. The highest BCUT2D eigenvalue weighted by molar-refractivity contribution is 9.10. The fraction of sp³-hybridized carbons (Fsp3) is 0.0833. The van der Waals surface area contributed by atoms with E-state index in [4.69, 9.17) is 0 Å². The second kappa shape index (κ2) is 4.85. The maximum Gasteiger partial charge on any atom is 0.416 e. The normalized spacial score (nSPS) is 11.6. The highest BCUT2D eigenvalue weighted by Gasteiger charge is 2.31. The highest BCUT2D eigenvalue weighted by Crippen LogP contribution is 2.36. The summed E-state index contributed by atoms with van der Waals surface area (Å²) in [5.74, 6) is 0. The lowest BCUT2D eigenvalue weighted by Gasteiger charge is -2.09. The van der Waals surface area contributed by atoms with Crippen molar-refractivity contribution in [3.05, 3.63) is 45.2 Å². The SMILES string of the molecule is O=Cc1ccc(-c2cc(Br)cc(C(F)(F)F)c2)s1. The Bertz CT molecular complexity index is 589. The van der Waals surface area contributed by atoms with Gasteiger partial charge in [-0.2, -0.15) is 13.2 Å². The van der Waals surface area contributed by atoms with Crippen LogP contribution in [0.2, 0.25) is 0 Å². The van der Waals surface area contributed by atoms with E-state index in [-0.39, 0.29) is 0 Å². The van der Waals surface area contributed by atoms with Crippen LogP contribution in [0.1, 0.15) is 15.2 Å². The molecule has 6 heteroatoms. The van der Waals surface area contributed by atoms with Gasteiger partial charge in [-0.25, -0.2) is 0 Å². The summed E-state index contributed by atoms with van der Waals surface area (Å²) in [5.41, 5.74) is -0.275. The van der Waals surface area contributed by atoms with Crippen LogP contribution in [0.3, 0.4) is 0 Å². The zero-order valence-electron chi connectivity index (χ0n) is 8.79. The standard InChI is InChI=1S/C12H6BrF3OS/c13-9-4-7(3-8(5-9)12(14,15)16)11-2-1-10(6-17)18-11/h1-6H. The molecule has 0 aliphatic rings. The summed E-state index contributed by atoms with van der Waals surface area (Å²) < 4.78 is 38.3. The number of hydrogen-bond acceptors (Lipinski definition) is 2. The number of halogens is 4. The first-order valence-electron chi connectivity index (χ1n) is 4.83. The summed E-state index contributed by atoms with van der Waals surface area (Å²) in [7, 11) is 0. The minimum atomic E-state index is -4.39. The monoisotopic (exact) mass is 334 g/mol. The number of carbonyl (C=O) groups excluding carboxylic acids is 1. The van der Waals surface area contributed by atoms with Gasteiger partial charge >= 0.3 is 6.18 Å². The number of carbonyl (C=O) groups is 1. The van der Waals surface area contributed by atoms with Crippen LogP contribution in [0.4, 0.5) is 13.2 Å². The molecule has 0 atom stereocenters. The van der Waals surface area contributed by atoms with Crippen LogP contribution in [0.5, 0.6) is 0 Å². The van der Waals surface area contributed by atoms with E-state index in [1.807, 2.05) is 0 Å². The Labute approximate surface area is 113 Å².